The molecule has 1 saturated heterocycles. The SMILES string of the molecule is CCCC1CCN(C(C)(C)CF)CC1. The molecule has 1 fully saturated rings. The lowest BCUT2D eigenvalue weighted by molar-refractivity contribution is 0.0540. The molecule has 0 radical (unpaired) electrons. The normalized spacial score (nSPS) is 21.4. The van der Waals surface area contributed by atoms with Gasteiger partial charge in [0.25, 0.3) is 0 Å². The average molecular weight is 201 g/mol. The lowest BCUT2D eigenvalue weighted by atomic mass is 9.90. The van der Waals surface area contributed by atoms with Gasteiger partial charge in [-0.1, -0.05) is 19.8 Å². The third-order valence-corrected chi connectivity index (χ3v) is 3.49. The Balaban J connectivity index is 2.35. The van der Waals surface area contributed by atoms with Crippen LogP contribution in [0, 0.1) is 5.92 Å². The first-order chi connectivity index (χ1) is 6.60. The summed E-state index contributed by atoms with van der Waals surface area (Å²) in [5.74, 6) is 0.895. The highest BCUT2D eigenvalue weighted by Gasteiger charge is 2.30. The van der Waals surface area contributed by atoms with E-state index in [0.717, 1.165) is 19.0 Å². The van der Waals surface area contributed by atoms with E-state index in [-0.39, 0.29) is 12.2 Å². The maximum atomic E-state index is 12.8. The van der Waals surface area contributed by atoms with Crippen molar-refractivity contribution >= 4 is 0 Å². The van der Waals surface area contributed by atoms with Crippen molar-refractivity contribution in [1.82, 2.24) is 4.90 Å². The fourth-order valence-electron chi connectivity index (χ4n) is 2.32. The fourth-order valence-corrected chi connectivity index (χ4v) is 2.32. The third kappa shape index (κ3) is 2.94. The van der Waals surface area contributed by atoms with Crippen LogP contribution in [0.3, 0.4) is 0 Å². The van der Waals surface area contributed by atoms with Gasteiger partial charge in [0, 0.05) is 5.54 Å². The molecule has 14 heavy (non-hydrogen) atoms. The van der Waals surface area contributed by atoms with Gasteiger partial charge in [-0.15, -0.1) is 0 Å². The Kier molecular flexibility index (Phi) is 4.36. The van der Waals surface area contributed by atoms with Crippen LogP contribution in [0.2, 0.25) is 0 Å². The molecule has 0 aromatic heterocycles. The number of hydrogen-bond donors (Lipinski definition) is 0. The summed E-state index contributed by atoms with van der Waals surface area (Å²) in [7, 11) is 0. The largest absolute Gasteiger partial charge is 0.296 e. The third-order valence-electron chi connectivity index (χ3n) is 3.49. The standard InChI is InChI=1S/C12H24FN/c1-4-5-11-6-8-14(9-7-11)12(2,3)10-13/h11H,4-10H2,1-3H3. The first-order valence-electron chi connectivity index (χ1n) is 5.91. The van der Waals surface area contributed by atoms with Crippen LogP contribution in [0.15, 0.2) is 0 Å². The Morgan fingerprint density at radius 2 is 1.86 bits per heavy atom. The predicted molar refractivity (Wildman–Crippen MR) is 59.3 cm³/mol. The smallest absolute Gasteiger partial charge is 0.107 e. The summed E-state index contributed by atoms with van der Waals surface area (Å²) in [6.45, 7) is 8.20. The summed E-state index contributed by atoms with van der Waals surface area (Å²) in [5.41, 5.74) is -0.239. The van der Waals surface area contributed by atoms with Crippen LogP contribution in [0.25, 0.3) is 0 Å². The fraction of sp³-hybridized carbons (Fsp3) is 1.00. The van der Waals surface area contributed by atoms with Gasteiger partial charge in [0.2, 0.25) is 0 Å². The second-order valence-electron chi connectivity index (χ2n) is 5.17. The highest BCUT2D eigenvalue weighted by molar-refractivity contribution is 4.84. The molecule has 1 nitrogen and oxygen atoms in total. The van der Waals surface area contributed by atoms with E-state index in [2.05, 4.69) is 11.8 Å². The van der Waals surface area contributed by atoms with Gasteiger partial charge >= 0.3 is 0 Å². The number of alkyl halides is 1. The second-order valence-corrected chi connectivity index (χ2v) is 5.17. The van der Waals surface area contributed by atoms with Gasteiger partial charge in [0.05, 0.1) is 0 Å². The van der Waals surface area contributed by atoms with E-state index in [4.69, 9.17) is 0 Å². The Bertz CT molecular complexity index is 160. The molecular weight excluding hydrogens is 177 g/mol. The van der Waals surface area contributed by atoms with Crippen molar-refractivity contribution in [2.24, 2.45) is 5.92 Å². The van der Waals surface area contributed by atoms with Crippen molar-refractivity contribution in [1.29, 1.82) is 0 Å². The van der Waals surface area contributed by atoms with E-state index in [0.29, 0.717) is 0 Å². The zero-order valence-corrected chi connectivity index (χ0v) is 9.85. The molecule has 1 aliphatic heterocycles. The van der Waals surface area contributed by atoms with Gasteiger partial charge in [-0.2, -0.15) is 0 Å². The topological polar surface area (TPSA) is 3.24 Å². The molecule has 1 rings (SSSR count). The van der Waals surface area contributed by atoms with Gasteiger partial charge in [-0.3, -0.25) is 4.90 Å². The Morgan fingerprint density at radius 1 is 1.29 bits per heavy atom. The molecule has 0 unspecified atom stereocenters. The van der Waals surface area contributed by atoms with E-state index in [1.54, 1.807) is 0 Å². The van der Waals surface area contributed by atoms with Crippen LogP contribution in [0.1, 0.15) is 46.5 Å². The molecule has 0 aromatic carbocycles. The molecule has 0 atom stereocenters. The first kappa shape index (κ1) is 12.0. The molecule has 0 bridgehead atoms. The maximum Gasteiger partial charge on any atom is 0.107 e. The van der Waals surface area contributed by atoms with Crippen LogP contribution in [0.4, 0.5) is 4.39 Å². The van der Waals surface area contributed by atoms with Crippen molar-refractivity contribution < 1.29 is 4.39 Å². The van der Waals surface area contributed by atoms with Gasteiger partial charge < -0.3 is 0 Å². The maximum absolute atomic E-state index is 12.8. The number of piperidine rings is 1. The quantitative estimate of drug-likeness (QED) is 0.675. The van der Waals surface area contributed by atoms with E-state index < -0.39 is 0 Å². The molecular formula is C12H24FN. The lowest BCUT2D eigenvalue weighted by Gasteiger charge is -2.41. The number of nitrogens with zero attached hydrogens (tertiary/aromatic N) is 1. The van der Waals surface area contributed by atoms with Gasteiger partial charge in [0.15, 0.2) is 0 Å². The van der Waals surface area contributed by atoms with Crippen LogP contribution >= 0.6 is 0 Å². The van der Waals surface area contributed by atoms with E-state index in [1.807, 2.05) is 13.8 Å². The zero-order chi connectivity index (χ0) is 10.6. The molecule has 0 amide bonds. The summed E-state index contributed by atoms with van der Waals surface area (Å²) < 4.78 is 12.8. The Morgan fingerprint density at radius 3 is 2.29 bits per heavy atom. The minimum absolute atomic E-state index is 0.231. The van der Waals surface area contributed by atoms with Crippen molar-refractivity contribution in [3.63, 3.8) is 0 Å². The van der Waals surface area contributed by atoms with Crippen molar-refractivity contribution in [2.75, 3.05) is 19.8 Å². The zero-order valence-electron chi connectivity index (χ0n) is 9.85. The number of hydrogen-bond acceptors (Lipinski definition) is 1. The number of halogens is 1. The summed E-state index contributed by atoms with van der Waals surface area (Å²) in [5, 5.41) is 0. The van der Waals surface area contributed by atoms with Crippen molar-refractivity contribution in [3.8, 4) is 0 Å². The predicted octanol–water partition coefficient (Wildman–Crippen LogP) is 3.25. The van der Waals surface area contributed by atoms with Gasteiger partial charge in [-0.25, -0.2) is 4.39 Å². The number of likely N-dealkylation sites (tertiary alicyclic amines) is 1. The molecule has 0 saturated carbocycles. The molecule has 0 spiro atoms. The summed E-state index contributed by atoms with van der Waals surface area (Å²) in [6, 6.07) is 0. The summed E-state index contributed by atoms with van der Waals surface area (Å²) in [6.07, 6.45) is 5.16. The van der Waals surface area contributed by atoms with Crippen molar-refractivity contribution in [2.45, 2.75) is 52.0 Å². The van der Waals surface area contributed by atoms with Gasteiger partial charge in [0.1, 0.15) is 6.67 Å². The van der Waals surface area contributed by atoms with E-state index >= 15 is 0 Å². The molecule has 84 valence electrons. The first-order valence-corrected chi connectivity index (χ1v) is 5.91. The Labute approximate surface area is 87.7 Å². The number of rotatable bonds is 4. The van der Waals surface area contributed by atoms with E-state index in [1.165, 1.54) is 25.7 Å². The monoisotopic (exact) mass is 201 g/mol. The van der Waals surface area contributed by atoms with E-state index in [9.17, 15) is 4.39 Å². The molecule has 1 aliphatic rings. The molecule has 0 aromatic rings. The van der Waals surface area contributed by atoms with Crippen LogP contribution in [0.5, 0.6) is 0 Å². The summed E-state index contributed by atoms with van der Waals surface area (Å²) in [4.78, 5) is 2.30. The van der Waals surface area contributed by atoms with Crippen LogP contribution < -0.4 is 0 Å². The highest BCUT2D eigenvalue weighted by atomic mass is 19.1. The minimum Gasteiger partial charge on any atom is -0.296 e. The molecule has 0 aliphatic carbocycles. The molecule has 2 heteroatoms. The molecule has 0 N–H and O–H groups in total. The average Bonchev–Trinajstić information content (AvgIpc) is 2.19. The van der Waals surface area contributed by atoms with Crippen LogP contribution in [-0.2, 0) is 0 Å². The highest BCUT2D eigenvalue weighted by Crippen LogP contribution is 2.26. The van der Waals surface area contributed by atoms with Crippen molar-refractivity contribution in [3.05, 3.63) is 0 Å². The molecule has 1 heterocycles. The lowest BCUT2D eigenvalue weighted by Crippen LogP contribution is -2.49. The summed E-state index contributed by atoms with van der Waals surface area (Å²) >= 11 is 0. The minimum atomic E-state index is -0.239. The Hall–Kier alpha value is -0.110. The van der Waals surface area contributed by atoms with Crippen LogP contribution in [-0.4, -0.2) is 30.2 Å². The second kappa shape index (κ2) is 5.11. The van der Waals surface area contributed by atoms with Gasteiger partial charge in [-0.05, 0) is 45.7 Å².